The Morgan fingerprint density at radius 3 is 2.29 bits per heavy atom. The third-order valence-electron chi connectivity index (χ3n) is 13.5. The molecule has 0 spiro atoms. The number of primary amides is 1. The van der Waals surface area contributed by atoms with Gasteiger partial charge in [0.2, 0.25) is 23.6 Å². The van der Waals surface area contributed by atoms with Crippen molar-refractivity contribution in [2.75, 3.05) is 57.4 Å². The van der Waals surface area contributed by atoms with Crippen molar-refractivity contribution in [3.05, 3.63) is 87.2 Å². The summed E-state index contributed by atoms with van der Waals surface area (Å²) in [5.41, 5.74) is 5.53. The van der Waals surface area contributed by atoms with E-state index in [4.69, 9.17) is 48.3 Å². The number of imide groups is 1. The molecule has 2 aromatic rings. The fourth-order valence-corrected chi connectivity index (χ4v) is 9.38. The molecule has 474 valence electrons. The number of carbonyl (C=O) groups is 10. The summed E-state index contributed by atoms with van der Waals surface area (Å²) in [6.45, 7) is 7.30. The van der Waals surface area contributed by atoms with Gasteiger partial charge >= 0.3 is 18.1 Å². The summed E-state index contributed by atoms with van der Waals surface area (Å²) in [6.07, 6.45) is 13.6. The van der Waals surface area contributed by atoms with Gasteiger partial charge in [-0.1, -0.05) is 73.7 Å². The molecular formula is C58H79Cl3FN9O15. The number of ether oxygens (including phenoxy) is 3. The second kappa shape index (κ2) is 36.0. The lowest BCUT2D eigenvalue weighted by Crippen LogP contribution is -2.56. The molecule has 2 saturated heterocycles. The SMILES string of the molecule is CCC.CCl.COc1cc2cc(c1Cl)N(C)C(=O)CCC1OC1CC1C[C@](O)(C/C=C/C=C(\C)C2)NC(=O)O1.C[C@@H](C(=O)O)N(C)C(=O)c1cc(F)c(NC(=O)C(CCCNC(N)=O)NC(=O)CNC(=O)CCCCCN2C(=O)C=CC2=O)cc1Cl. The number of amides is 10. The minimum Gasteiger partial charge on any atom is -0.495 e. The number of carbonyl (C=O) groups excluding carboxylic acids is 9. The molecule has 86 heavy (non-hydrogen) atoms. The average molecular weight is 1270 g/mol. The molecular weight excluding hydrogens is 1190 g/mol. The normalized spacial score (nSPS) is 20.5. The number of epoxide rings is 1. The van der Waals surface area contributed by atoms with E-state index in [2.05, 4.69) is 52.0 Å². The maximum atomic E-state index is 15.0. The van der Waals surface area contributed by atoms with Crippen LogP contribution in [0.1, 0.15) is 121 Å². The van der Waals surface area contributed by atoms with E-state index in [1.165, 1.54) is 38.9 Å². The second-order valence-electron chi connectivity index (χ2n) is 20.5. The average Bonchev–Trinajstić information content (AvgIpc) is 4.37. The van der Waals surface area contributed by atoms with Crippen molar-refractivity contribution in [2.45, 2.75) is 147 Å². The van der Waals surface area contributed by atoms with Crippen LogP contribution in [0, 0.1) is 5.82 Å². The van der Waals surface area contributed by atoms with Gasteiger partial charge in [0.25, 0.3) is 17.7 Å². The highest BCUT2D eigenvalue weighted by Gasteiger charge is 2.45. The van der Waals surface area contributed by atoms with Crippen molar-refractivity contribution in [3.8, 4) is 5.75 Å². The number of methoxy groups -OCH3 is 1. The Morgan fingerprint density at radius 1 is 0.977 bits per heavy atom. The first-order valence-corrected chi connectivity index (χ1v) is 29.3. The van der Waals surface area contributed by atoms with Crippen LogP contribution in [-0.4, -0.2) is 163 Å². The molecule has 10 amide bonds. The summed E-state index contributed by atoms with van der Waals surface area (Å²) in [7, 11) is 4.47. The molecule has 4 unspecified atom stereocenters. The Kier molecular flexibility index (Phi) is 30.5. The molecule has 0 saturated carbocycles. The molecule has 9 N–H and O–H groups in total. The summed E-state index contributed by atoms with van der Waals surface area (Å²) in [5.74, 6) is -5.62. The second-order valence-corrected chi connectivity index (χ2v) is 21.3. The molecule has 4 heterocycles. The number of nitrogens with two attached hydrogens (primary N) is 1. The maximum absolute atomic E-state index is 15.0. The number of fused-ring (bicyclic) bond motifs is 5. The minimum absolute atomic E-state index is 0.0346. The Morgan fingerprint density at radius 2 is 1.65 bits per heavy atom. The highest BCUT2D eigenvalue weighted by molar-refractivity contribution is 6.35. The van der Waals surface area contributed by atoms with Crippen LogP contribution in [0.25, 0.3) is 0 Å². The van der Waals surface area contributed by atoms with Gasteiger partial charge in [-0.25, -0.2) is 18.8 Å². The van der Waals surface area contributed by atoms with Crippen LogP contribution in [0.2, 0.25) is 10.0 Å². The zero-order valence-electron chi connectivity index (χ0n) is 49.5. The lowest BCUT2D eigenvalue weighted by Gasteiger charge is -2.36. The molecule has 2 fully saturated rings. The third-order valence-corrected chi connectivity index (χ3v) is 14.2. The molecule has 0 aliphatic carbocycles. The summed E-state index contributed by atoms with van der Waals surface area (Å²) >= 11 is 17.3. The van der Waals surface area contributed by atoms with Crippen LogP contribution in [0.15, 0.2) is 60.2 Å². The fraction of sp³-hybridized carbons (Fsp3) is 0.517. The topological polar surface area (TPSA) is 338 Å². The van der Waals surface area contributed by atoms with Crippen molar-refractivity contribution in [3.63, 3.8) is 0 Å². The third kappa shape index (κ3) is 23.5. The largest absolute Gasteiger partial charge is 0.495 e. The van der Waals surface area contributed by atoms with Crippen molar-refractivity contribution in [2.24, 2.45) is 5.73 Å². The van der Waals surface area contributed by atoms with E-state index in [-0.39, 0.29) is 85.7 Å². The number of aliphatic carboxylic acids is 1. The first-order valence-electron chi connectivity index (χ1n) is 27.8. The molecule has 0 aromatic heterocycles. The fourth-order valence-electron chi connectivity index (χ4n) is 8.82. The number of allylic oxidation sites excluding steroid dienone is 3. The minimum atomic E-state index is -1.37. The van der Waals surface area contributed by atoms with Gasteiger partial charge < -0.3 is 61.2 Å². The molecule has 6 rings (SSSR count). The highest BCUT2D eigenvalue weighted by Crippen LogP contribution is 2.38. The molecule has 6 atom stereocenters. The van der Waals surface area contributed by atoms with Gasteiger partial charge in [-0.2, -0.15) is 0 Å². The van der Waals surface area contributed by atoms with Crippen LogP contribution in [0.5, 0.6) is 5.75 Å². The number of halogens is 4. The molecule has 24 nitrogen and oxygen atoms in total. The van der Waals surface area contributed by atoms with Crippen LogP contribution < -0.4 is 42.0 Å². The molecule has 0 radical (unpaired) electrons. The lowest BCUT2D eigenvalue weighted by molar-refractivity contribution is -0.141. The number of nitrogens with zero attached hydrogens (tertiary/aromatic N) is 3. The number of benzene rings is 2. The first kappa shape index (κ1) is 72.9. The molecule has 2 aromatic carbocycles. The number of unbranched alkanes of at least 4 members (excludes halogenated alkanes) is 2. The summed E-state index contributed by atoms with van der Waals surface area (Å²) in [6, 6.07) is 2.19. The number of likely N-dealkylation sites (N-methyl/N-ethyl adjacent to an activating group) is 1. The van der Waals surface area contributed by atoms with Crippen molar-refractivity contribution in [1.82, 2.24) is 31.1 Å². The highest BCUT2D eigenvalue weighted by atomic mass is 35.5. The van der Waals surface area contributed by atoms with Gasteiger partial charge in [0.15, 0.2) is 0 Å². The van der Waals surface area contributed by atoms with E-state index in [0.717, 1.165) is 33.1 Å². The predicted molar refractivity (Wildman–Crippen MR) is 321 cm³/mol. The summed E-state index contributed by atoms with van der Waals surface area (Å²) in [4.78, 5) is 124. The number of carboxylic acids is 1. The zero-order chi connectivity index (χ0) is 64.4. The van der Waals surface area contributed by atoms with Crippen LogP contribution in [0.4, 0.5) is 25.4 Å². The van der Waals surface area contributed by atoms with Gasteiger partial charge in [-0.3, -0.25) is 43.8 Å². The number of aliphatic hydroxyl groups is 1. The molecule has 4 aliphatic heterocycles. The number of alkyl halides is 1. The number of hydrogen-bond donors (Lipinski definition) is 8. The lowest BCUT2D eigenvalue weighted by atomic mass is 9.96. The summed E-state index contributed by atoms with van der Waals surface area (Å²) < 4.78 is 31.5. The number of hydrogen-bond acceptors (Lipinski definition) is 14. The van der Waals surface area contributed by atoms with E-state index in [9.17, 15) is 57.4 Å². The zero-order valence-corrected chi connectivity index (χ0v) is 51.8. The maximum Gasteiger partial charge on any atom is 0.409 e. The van der Waals surface area contributed by atoms with Gasteiger partial charge in [-0.05, 0) is 82.2 Å². The number of anilines is 2. The van der Waals surface area contributed by atoms with E-state index in [0.29, 0.717) is 61.4 Å². The first-order chi connectivity index (χ1) is 40.7. The van der Waals surface area contributed by atoms with Gasteiger partial charge in [0, 0.05) is 77.8 Å². The van der Waals surface area contributed by atoms with Gasteiger partial charge in [-0.15, -0.1) is 11.6 Å². The Balaban J connectivity index is 0.000000435. The Bertz CT molecular complexity index is 2840. The van der Waals surface area contributed by atoms with Crippen molar-refractivity contribution >= 4 is 106 Å². The van der Waals surface area contributed by atoms with Gasteiger partial charge in [0.1, 0.15) is 40.5 Å². The number of carboxylic acid groups (broad SMARTS) is 1. The van der Waals surface area contributed by atoms with E-state index >= 15 is 0 Å². The number of urea groups is 1. The van der Waals surface area contributed by atoms with E-state index in [1.807, 2.05) is 37.3 Å². The van der Waals surface area contributed by atoms with Crippen molar-refractivity contribution < 1.29 is 76.8 Å². The molecule has 4 bridgehead atoms. The van der Waals surface area contributed by atoms with Crippen LogP contribution in [-0.2, 0) is 49.5 Å². The smallest absolute Gasteiger partial charge is 0.409 e. The van der Waals surface area contributed by atoms with Crippen LogP contribution in [0.3, 0.4) is 0 Å². The molecule has 28 heteroatoms. The van der Waals surface area contributed by atoms with E-state index in [1.54, 1.807) is 19.1 Å². The quantitative estimate of drug-likeness (QED) is 0.0316. The number of rotatable bonds is 19. The monoisotopic (exact) mass is 1270 g/mol. The predicted octanol–water partition coefficient (Wildman–Crippen LogP) is 6.65. The van der Waals surface area contributed by atoms with Gasteiger partial charge in [0.05, 0.1) is 47.8 Å². The van der Waals surface area contributed by atoms with E-state index < -0.39 is 83.7 Å². The van der Waals surface area contributed by atoms with Crippen molar-refractivity contribution in [1.29, 1.82) is 0 Å². The summed E-state index contributed by atoms with van der Waals surface area (Å²) in [5, 5.41) is 32.2. The standard InChI is InChI=1S/C29H37ClFN7O9.C25H31ClN2O6.C3H8.CH3Cl/c1-16(28(45)46)37(2)27(44)17-13-19(31)21(14-18(17)30)36-26(43)20(7-6-11-33-29(32)47)35-23(40)15-34-22(39)8-4-3-5-12-38-24(41)9-10-25(38)42;1-15-6-4-5-9-25(31)14-17(33-24(30)27-25)13-20-19(34-20)7-8-22(29)28(2)18-11-16(10-15)12-21(32-3)23(18)26;1-3-2;1-2/h9-10,13-14,16,20H,3-8,11-12,15H2,1-2H3,(H,34,39)(H,35,40)(H,36,43)(H,45,46)(H3,32,33,47);4-6,11-12,17,19-20,31H,7-10,13-14H2,1-3H3,(H,27,30);3H2,1-2H3;1H3/b;5-4+,15-6+;;/t16-,20?;17?,19?,20?,25-;;/m01../s1. The Hall–Kier alpha value is -7.32. The Labute approximate surface area is 514 Å². The molecule has 4 aliphatic rings. The number of alkyl carbamates (subject to hydrolysis) is 1. The van der Waals surface area contributed by atoms with Crippen LogP contribution >= 0.6 is 34.8 Å². The number of nitrogens with one attached hydrogen (secondary N) is 5.